The van der Waals surface area contributed by atoms with Crippen LogP contribution in [0.2, 0.25) is 0 Å². The number of rotatable bonds is 2. The van der Waals surface area contributed by atoms with Crippen LogP contribution in [0.1, 0.15) is 0 Å². The van der Waals surface area contributed by atoms with Crippen LogP contribution in [0.5, 0.6) is 0 Å². The van der Waals surface area contributed by atoms with Crippen molar-refractivity contribution in [1.29, 1.82) is 0 Å². The average molecular weight is 810 g/mol. The maximum Gasteiger partial charge on any atom is 0.485 e. The van der Waals surface area contributed by atoms with Crippen molar-refractivity contribution in [2.24, 2.45) is 0 Å². The van der Waals surface area contributed by atoms with Crippen molar-refractivity contribution in [2.75, 3.05) is 0 Å². The van der Waals surface area contributed by atoms with Crippen LogP contribution in [0, 0.1) is 0 Å². The third-order valence-electron chi connectivity index (χ3n) is 2.66. The standard InChI is InChI=1S/C12H5Br6P.CHF3O3S/c13-5-1-7(15)11(8(16)2-5)19-12-9(17)3-6(14)4-10(12)18;2-1(3,4)8(5,6)7/h1-4,19H;(H,5,6,7). The van der Waals surface area contributed by atoms with Crippen LogP contribution < -0.4 is 10.6 Å². The van der Waals surface area contributed by atoms with E-state index in [1.165, 1.54) is 10.6 Å². The van der Waals surface area contributed by atoms with Crippen LogP contribution in [-0.4, -0.2) is 18.5 Å². The van der Waals surface area contributed by atoms with Gasteiger partial charge in [0.2, 0.25) is 0 Å². The molecule has 0 saturated carbocycles. The Balaban J connectivity index is 0.000000387. The summed E-state index contributed by atoms with van der Waals surface area (Å²) in [7, 11) is -6.13. The van der Waals surface area contributed by atoms with Gasteiger partial charge in [-0.05, 0) is 88.0 Å². The quantitative estimate of drug-likeness (QED) is 0.194. The Hall–Kier alpha value is 1.45. The summed E-state index contributed by atoms with van der Waals surface area (Å²) in [5.41, 5.74) is -5.65. The summed E-state index contributed by atoms with van der Waals surface area (Å²) in [5.74, 6) is 0. The molecule has 2 rings (SSSR count). The third-order valence-corrected chi connectivity index (χ3v) is 10.3. The van der Waals surface area contributed by atoms with E-state index >= 15 is 0 Å². The first-order valence-corrected chi connectivity index (χ1v) is 13.6. The Kier molecular flexibility index (Phi) is 10.5. The highest BCUT2D eigenvalue weighted by Crippen LogP contribution is 2.33. The summed E-state index contributed by atoms with van der Waals surface area (Å²) in [5, 5.41) is 2.60. The number of benzene rings is 2. The summed E-state index contributed by atoms with van der Waals surface area (Å²) in [6, 6.07) is 8.31. The summed E-state index contributed by atoms with van der Waals surface area (Å²) in [4.78, 5) is 0. The summed E-state index contributed by atoms with van der Waals surface area (Å²) in [6.45, 7) is 0. The third kappa shape index (κ3) is 8.24. The van der Waals surface area contributed by atoms with Crippen LogP contribution >= 0.6 is 104 Å². The summed E-state index contributed by atoms with van der Waals surface area (Å²) >= 11 is 21.6. The van der Waals surface area contributed by atoms with Gasteiger partial charge >= 0.3 is 5.51 Å². The Labute approximate surface area is 205 Å². The van der Waals surface area contributed by atoms with Crippen molar-refractivity contribution in [2.45, 2.75) is 5.51 Å². The Bertz CT molecular complexity index is 851. The van der Waals surface area contributed by atoms with Gasteiger partial charge in [-0.3, -0.25) is 0 Å². The molecule has 0 amide bonds. The van der Waals surface area contributed by atoms with Crippen molar-refractivity contribution in [1.82, 2.24) is 0 Å². The molecule has 0 spiro atoms. The van der Waals surface area contributed by atoms with E-state index in [0.29, 0.717) is 0 Å². The minimum atomic E-state index is -6.09. The molecule has 0 aliphatic rings. The minimum Gasteiger partial charge on any atom is -0.741 e. The SMILES string of the molecule is Brc1cc(Br)c([PH2+]c2c(Br)cc(Br)cc2Br)c(Br)c1.O=S(=O)([O-])C(F)(F)F. The van der Waals surface area contributed by atoms with Gasteiger partial charge in [0.1, 0.15) is 10.6 Å². The van der Waals surface area contributed by atoms with Gasteiger partial charge in [0, 0.05) is 8.95 Å². The fraction of sp³-hybridized carbons (Fsp3) is 0.0769. The van der Waals surface area contributed by atoms with E-state index in [1.807, 2.05) is 0 Å². The molecule has 0 aliphatic heterocycles. The Morgan fingerprint density at radius 3 is 1.15 bits per heavy atom. The predicted octanol–water partition coefficient (Wildman–Crippen LogP) is 6.67. The molecule has 27 heavy (non-hydrogen) atoms. The zero-order chi connectivity index (χ0) is 21.2. The molecular weight excluding hydrogens is 804 g/mol. The normalized spacial score (nSPS) is 11.8. The zero-order valence-corrected chi connectivity index (χ0v) is 23.9. The number of hydrogen-bond acceptors (Lipinski definition) is 3. The van der Waals surface area contributed by atoms with Crippen molar-refractivity contribution >= 4 is 125 Å². The predicted molar refractivity (Wildman–Crippen MR) is 124 cm³/mol. The van der Waals surface area contributed by atoms with Crippen molar-refractivity contribution in [3.8, 4) is 0 Å². The van der Waals surface area contributed by atoms with Gasteiger partial charge in [0.25, 0.3) is 0 Å². The van der Waals surface area contributed by atoms with E-state index in [-0.39, 0.29) is 8.58 Å². The molecule has 0 saturated heterocycles. The molecule has 3 nitrogen and oxygen atoms in total. The van der Waals surface area contributed by atoms with E-state index in [4.69, 9.17) is 13.0 Å². The molecule has 0 unspecified atom stereocenters. The molecule has 0 aromatic heterocycles. The van der Waals surface area contributed by atoms with Gasteiger partial charge in [-0.2, -0.15) is 13.2 Å². The minimum absolute atomic E-state index is 0.0377. The maximum atomic E-state index is 10.7. The first-order valence-electron chi connectivity index (χ1n) is 6.29. The highest BCUT2D eigenvalue weighted by molar-refractivity contribution is 9.12. The number of hydrogen-bond donors (Lipinski definition) is 0. The lowest BCUT2D eigenvalue weighted by Gasteiger charge is -2.08. The fourth-order valence-corrected chi connectivity index (χ4v) is 8.59. The van der Waals surface area contributed by atoms with Crippen LogP contribution in [0.25, 0.3) is 0 Å². The van der Waals surface area contributed by atoms with E-state index < -0.39 is 15.6 Å². The molecule has 0 atom stereocenters. The lowest BCUT2D eigenvalue weighted by Crippen LogP contribution is -2.21. The largest absolute Gasteiger partial charge is 0.741 e. The van der Waals surface area contributed by atoms with Gasteiger partial charge in [0.15, 0.2) is 10.1 Å². The maximum absolute atomic E-state index is 10.7. The number of alkyl halides is 3. The molecule has 0 radical (unpaired) electrons. The van der Waals surface area contributed by atoms with E-state index in [2.05, 4.69) is 120 Å². The second-order valence-electron chi connectivity index (χ2n) is 4.61. The van der Waals surface area contributed by atoms with Crippen LogP contribution in [-0.2, 0) is 10.1 Å². The van der Waals surface area contributed by atoms with E-state index in [1.54, 1.807) is 0 Å². The average Bonchev–Trinajstić information content (AvgIpc) is 2.43. The first kappa shape index (κ1) is 26.5. The highest BCUT2D eigenvalue weighted by atomic mass is 79.9. The molecule has 0 heterocycles. The topological polar surface area (TPSA) is 57.2 Å². The molecule has 14 heteroatoms. The summed E-state index contributed by atoms with van der Waals surface area (Å²) in [6.07, 6.45) is 0. The van der Waals surface area contributed by atoms with Crippen molar-refractivity contribution in [3.05, 3.63) is 51.1 Å². The second kappa shape index (κ2) is 10.7. The molecule has 2 aromatic rings. The van der Waals surface area contributed by atoms with Gasteiger partial charge in [0.05, 0.1) is 26.5 Å². The molecular formula is C13H6Br6F3O3PS. The monoisotopic (exact) mass is 803 g/mol. The van der Waals surface area contributed by atoms with Crippen LogP contribution in [0.15, 0.2) is 51.1 Å². The van der Waals surface area contributed by atoms with Crippen LogP contribution in [0.4, 0.5) is 13.2 Å². The van der Waals surface area contributed by atoms with Crippen molar-refractivity contribution < 1.29 is 26.1 Å². The molecule has 150 valence electrons. The van der Waals surface area contributed by atoms with Crippen molar-refractivity contribution in [3.63, 3.8) is 0 Å². The second-order valence-corrected chi connectivity index (χ2v) is 12.7. The molecule has 2 aromatic carbocycles. The number of halogens is 9. The fourth-order valence-electron chi connectivity index (χ4n) is 1.53. The Morgan fingerprint density at radius 2 is 0.963 bits per heavy atom. The first-order chi connectivity index (χ1) is 12.1. The lowest BCUT2D eigenvalue weighted by atomic mass is 10.4. The molecule has 0 fully saturated rings. The van der Waals surface area contributed by atoms with Gasteiger partial charge in [-0.15, -0.1) is 0 Å². The van der Waals surface area contributed by atoms with Crippen LogP contribution in [0.3, 0.4) is 0 Å². The Morgan fingerprint density at radius 1 is 0.741 bits per heavy atom. The van der Waals surface area contributed by atoms with Gasteiger partial charge < -0.3 is 4.55 Å². The van der Waals surface area contributed by atoms with Gasteiger partial charge in [-0.1, -0.05) is 31.9 Å². The molecule has 0 bridgehead atoms. The van der Waals surface area contributed by atoms with Gasteiger partial charge in [-0.25, -0.2) is 8.42 Å². The van der Waals surface area contributed by atoms with E-state index in [0.717, 1.165) is 26.8 Å². The highest BCUT2D eigenvalue weighted by Gasteiger charge is 2.36. The zero-order valence-electron chi connectivity index (χ0n) is 12.4. The molecule has 0 N–H and O–H groups in total. The molecule has 0 aliphatic carbocycles. The summed E-state index contributed by atoms with van der Waals surface area (Å²) < 4.78 is 65.5. The lowest BCUT2D eigenvalue weighted by molar-refractivity contribution is -0.0517. The smallest absolute Gasteiger partial charge is 0.485 e. The van der Waals surface area contributed by atoms with E-state index in [9.17, 15) is 13.2 Å².